The molecule has 0 aliphatic heterocycles. The van der Waals surface area contributed by atoms with Crippen LogP contribution < -0.4 is 10.5 Å². The van der Waals surface area contributed by atoms with Crippen molar-refractivity contribution in [3.63, 3.8) is 0 Å². The fourth-order valence-electron chi connectivity index (χ4n) is 1.95. The number of thiocarbonyl (C=S) groups is 1. The third kappa shape index (κ3) is 4.43. The Balaban J connectivity index is 2.05. The van der Waals surface area contributed by atoms with Crippen molar-refractivity contribution in [2.24, 2.45) is 5.73 Å². The Labute approximate surface area is 134 Å². The van der Waals surface area contributed by atoms with Crippen LogP contribution in [0.4, 0.5) is 0 Å². The molecule has 0 aliphatic rings. The first-order valence-electron chi connectivity index (χ1n) is 6.39. The van der Waals surface area contributed by atoms with Crippen molar-refractivity contribution in [2.45, 2.75) is 13.2 Å². The molecule has 0 spiro atoms. The molecule has 0 aromatic heterocycles. The molecule has 2 N–H and O–H groups in total. The van der Waals surface area contributed by atoms with Crippen molar-refractivity contribution in [3.8, 4) is 5.75 Å². The van der Waals surface area contributed by atoms with Gasteiger partial charge in [0.05, 0.1) is 20.3 Å². The molecule has 0 bridgehead atoms. The average Bonchev–Trinajstić information content (AvgIpc) is 2.47. The van der Waals surface area contributed by atoms with Gasteiger partial charge in [-0.3, -0.25) is 0 Å². The van der Waals surface area contributed by atoms with E-state index < -0.39 is 0 Å². The fraction of sp³-hybridized carbons (Fsp3) is 0.188. The van der Waals surface area contributed by atoms with Crippen LogP contribution in [0, 0.1) is 0 Å². The zero-order chi connectivity index (χ0) is 15.2. The number of benzene rings is 2. The first-order valence-corrected chi connectivity index (χ1v) is 7.17. The molecule has 5 heteroatoms. The molecule has 3 nitrogen and oxygen atoms in total. The third-order valence-corrected chi connectivity index (χ3v) is 3.45. The van der Waals surface area contributed by atoms with Gasteiger partial charge in [0.1, 0.15) is 10.7 Å². The van der Waals surface area contributed by atoms with Gasteiger partial charge >= 0.3 is 0 Å². The van der Waals surface area contributed by atoms with Crippen molar-refractivity contribution in [3.05, 3.63) is 64.2 Å². The second-order valence-corrected chi connectivity index (χ2v) is 5.39. The molecule has 110 valence electrons. The summed E-state index contributed by atoms with van der Waals surface area (Å²) < 4.78 is 11.0. The van der Waals surface area contributed by atoms with E-state index in [2.05, 4.69) is 0 Å². The lowest BCUT2D eigenvalue weighted by atomic mass is 10.1. The lowest BCUT2D eigenvalue weighted by Gasteiger charge is -2.11. The molecular formula is C16H16ClNO2S. The summed E-state index contributed by atoms with van der Waals surface area (Å²) in [6.45, 7) is 0.882. The van der Waals surface area contributed by atoms with Crippen molar-refractivity contribution < 1.29 is 9.47 Å². The van der Waals surface area contributed by atoms with Crippen molar-refractivity contribution in [1.82, 2.24) is 0 Å². The van der Waals surface area contributed by atoms with Crippen LogP contribution in [-0.2, 0) is 18.0 Å². The Hall–Kier alpha value is -1.62. The Morgan fingerprint density at radius 1 is 1.19 bits per heavy atom. The average molecular weight is 322 g/mol. The zero-order valence-corrected chi connectivity index (χ0v) is 13.2. The van der Waals surface area contributed by atoms with Crippen molar-refractivity contribution in [1.29, 1.82) is 0 Å². The molecule has 0 saturated heterocycles. The highest BCUT2D eigenvalue weighted by atomic mass is 35.5. The van der Waals surface area contributed by atoms with Gasteiger partial charge in [-0.15, -0.1) is 0 Å². The molecule has 0 amide bonds. The van der Waals surface area contributed by atoms with Gasteiger partial charge in [-0.25, -0.2) is 0 Å². The molecule has 0 fully saturated rings. The minimum atomic E-state index is 0.355. The van der Waals surface area contributed by atoms with E-state index in [1.54, 1.807) is 7.11 Å². The summed E-state index contributed by atoms with van der Waals surface area (Å²) in [6.07, 6.45) is 0. The molecule has 0 aliphatic carbocycles. The van der Waals surface area contributed by atoms with Crippen LogP contribution in [0.25, 0.3) is 0 Å². The third-order valence-electron chi connectivity index (χ3n) is 2.98. The summed E-state index contributed by atoms with van der Waals surface area (Å²) in [6, 6.07) is 13.1. The van der Waals surface area contributed by atoms with Crippen LogP contribution in [0.3, 0.4) is 0 Å². The van der Waals surface area contributed by atoms with Gasteiger partial charge in [0, 0.05) is 16.1 Å². The SMILES string of the molecule is COc1ccc(C(N)=S)cc1COCc1cccc(Cl)c1. The molecule has 0 saturated carbocycles. The van der Waals surface area contributed by atoms with E-state index in [0.29, 0.717) is 23.2 Å². The summed E-state index contributed by atoms with van der Waals surface area (Å²) in [4.78, 5) is 0.355. The van der Waals surface area contributed by atoms with Gasteiger partial charge in [0.2, 0.25) is 0 Å². The van der Waals surface area contributed by atoms with Gasteiger partial charge in [-0.1, -0.05) is 36.0 Å². The molecule has 0 unspecified atom stereocenters. The van der Waals surface area contributed by atoms with Gasteiger partial charge in [-0.2, -0.15) is 0 Å². The van der Waals surface area contributed by atoms with E-state index in [1.165, 1.54) is 0 Å². The maximum atomic E-state index is 5.94. The molecule has 2 rings (SSSR count). The summed E-state index contributed by atoms with van der Waals surface area (Å²) in [5.41, 5.74) is 8.37. The number of hydrogen-bond donors (Lipinski definition) is 1. The number of halogens is 1. The zero-order valence-electron chi connectivity index (χ0n) is 11.6. The summed E-state index contributed by atoms with van der Waals surface area (Å²) >= 11 is 10.9. The fourth-order valence-corrected chi connectivity index (χ4v) is 2.29. The van der Waals surface area contributed by atoms with E-state index >= 15 is 0 Å². The number of methoxy groups -OCH3 is 1. The molecular weight excluding hydrogens is 306 g/mol. The van der Waals surface area contributed by atoms with Gasteiger partial charge < -0.3 is 15.2 Å². The molecule has 0 radical (unpaired) electrons. The van der Waals surface area contributed by atoms with E-state index in [0.717, 1.165) is 22.4 Å². The first-order chi connectivity index (χ1) is 10.1. The highest BCUT2D eigenvalue weighted by molar-refractivity contribution is 7.80. The van der Waals surface area contributed by atoms with Crippen LogP contribution in [0.2, 0.25) is 5.02 Å². The highest BCUT2D eigenvalue weighted by Gasteiger charge is 2.06. The molecule has 0 heterocycles. The van der Waals surface area contributed by atoms with E-state index in [4.69, 9.17) is 39.0 Å². The van der Waals surface area contributed by atoms with Gasteiger partial charge in [0.25, 0.3) is 0 Å². The van der Waals surface area contributed by atoms with E-state index in [-0.39, 0.29) is 0 Å². The summed E-state index contributed by atoms with van der Waals surface area (Å²) in [7, 11) is 1.62. The van der Waals surface area contributed by atoms with Crippen LogP contribution in [0.15, 0.2) is 42.5 Å². The van der Waals surface area contributed by atoms with Crippen LogP contribution in [-0.4, -0.2) is 12.1 Å². The number of rotatable bonds is 6. The molecule has 2 aromatic carbocycles. The Morgan fingerprint density at radius 2 is 2.00 bits per heavy atom. The van der Waals surface area contributed by atoms with Gasteiger partial charge in [0.15, 0.2) is 0 Å². The first kappa shape index (κ1) is 15.8. The highest BCUT2D eigenvalue weighted by Crippen LogP contribution is 2.21. The Kier molecular flexibility index (Phi) is 5.56. The topological polar surface area (TPSA) is 44.5 Å². The lowest BCUT2D eigenvalue weighted by Crippen LogP contribution is -2.10. The van der Waals surface area contributed by atoms with Crippen LogP contribution >= 0.6 is 23.8 Å². The Bertz CT molecular complexity index is 646. The number of nitrogens with two attached hydrogens (primary N) is 1. The lowest BCUT2D eigenvalue weighted by molar-refractivity contribution is 0.105. The summed E-state index contributed by atoms with van der Waals surface area (Å²) in [5, 5.41) is 0.698. The smallest absolute Gasteiger partial charge is 0.124 e. The van der Waals surface area contributed by atoms with Crippen molar-refractivity contribution in [2.75, 3.05) is 7.11 Å². The maximum Gasteiger partial charge on any atom is 0.124 e. The molecule has 0 atom stereocenters. The van der Waals surface area contributed by atoms with Crippen LogP contribution in [0.5, 0.6) is 5.75 Å². The normalized spacial score (nSPS) is 10.4. The quantitative estimate of drug-likeness (QED) is 0.824. The van der Waals surface area contributed by atoms with Crippen molar-refractivity contribution >= 4 is 28.8 Å². The second kappa shape index (κ2) is 7.41. The number of hydrogen-bond acceptors (Lipinski definition) is 3. The minimum Gasteiger partial charge on any atom is -0.496 e. The Morgan fingerprint density at radius 3 is 2.67 bits per heavy atom. The number of ether oxygens (including phenoxy) is 2. The second-order valence-electron chi connectivity index (χ2n) is 4.51. The predicted octanol–water partition coefficient (Wildman–Crippen LogP) is 3.70. The largest absolute Gasteiger partial charge is 0.496 e. The van der Waals surface area contributed by atoms with Crippen LogP contribution in [0.1, 0.15) is 16.7 Å². The monoisotopic (exact) mass is 321 g/mol. The molecule has 21 heavy (non-hydrogen) atoms. The predicted molar refractivity (Wildman–Crippen MR) is 88.8 cm³/mol. The van der Waals surface area contributed by atoms with Gasteiger partial charge in [-0.05, 0) is 35.9 Å². The standard InChI is InChI=1S/C16H16ClNO2S/c1-19-15-6-5-12(16(18)21)8-13(15)10-20-9-11-3-2-4-14(17)7-11/h2-8H,9-10H2,1H3,(H2,18,21). The van der Waals surface area contributed by atoms with E-state index in [1.807, 2.05) is 42.5 Å². The molecule has 2 aromatic rings. The summed E-state index contributed by atoms with van der Waals surface area (Å²) in [5.74, 6) is 0.751. The maximum absolute atomic E-state index is 5.94. The van der Waals surface area contributed by atoms with E-state index in [9.17, 15) is 0 Å². The minimum absolute atomic E-state index is 0.355.